The summed E-state index contributed by atoms with van der Waals surface area (Å²) in [6, 6.07) is 8.24. The molecule has 118 valence electrons. The first-order valence-corrected chi connectivity index (χ1v) is 6.89. The molecular formula is C14H20ClN7. The predicted octanol–water partition coefficient (Wildman–Crippen LogP) is 1.37. The SMILES string of the molecule is CN(C)c1nc(N)nc(CN2CCNc3ccccc32)n1.Cl. The summed E-state index contributed by atoms with van der Waals surface area (Å²) in [5.41, 5.74) is 8.08. The van der Waals surface area contributed by atoms with Crippen molar-refractivity contribution in [2.75, 3.05) is 48.0 Å². The Kier molecular flexibility index (Phi) is 4.87. The number of nitrogens with zero attached hydrogens (tertiary/aromatic N) is 5. The minimum Gasteiger partial charge on any atom is -0.382 e. The number of hydrogen-bond acceptors (Lipinski definition) is 7. The summed E-state index contributed by atoms with van der Waals surface area (Å²) >= 11 is 0. The van der Waals surface area contributed by atoms with Crippen LogP contribution < -0.4 is 20.9 Å². The third kappa shape index (κ3) is 3.30. The van der Waals surface area contributed by atoms with E-state index in [2.05, 4.69) is 37.3 Å². The van der Waals surface area contributed by atoms with Gasteiger partial charge < -0.3 is 20.9 Å². The van der Waals surface area contributed by atoms with Gasteiger partial charge in [0.15, 0.2) is 5.82 Å². The second-order valence-electron chi connectivity index (χ2n) is 5.17. The molecule has 0 radical (unpaired) electrons. The monoisotopic (exact) mass is 321 g/mol. The van der Waals surface area contributed by atoms with E-state index in [0.29, 0.717) is 18.3 Å². The lowest BCUT2D eigenvalue weighted by molar-refractivity contribution is 0.742. The van der Waals surface area contributed by atoms with Gasteiger partial charge in [0.05, 0.1) is 17.9 Å². The number of fused-ring (bicyclic) bond motifs is 1. The zero-order chi connectivity index (χ0) is 14.8. The maximum absolute atomic E-state index is 5.78. The number of anilines is 4. The van der Waals surface area contributed by atoms with Crippen LogP contribution in [0.15, 0.2) is 24.3 Å². The molecule has 8 heteroatoms. The number of rotatable bonds is 3. The molecule has 2 aromatic rings. The van der Waals surface area contributed by atoms with Crippen LogP contribution in [0.4, 0.5) is 23.3 Å². The highest BCUT2D eigenvalue weighted by Gasteiger charge is 2.18. The highest BCUT2D eigenvalue weighted by molar-refractivity contribution is 5.85. The first kappa shape index (κ1) is 16.1. The van der Waals surface area contributed by atoms with E-state index in [1.807, 2.05) is 31.1 Å². The van der Waals surface area contributed by atoms with Crippen LogP contribution in [0.5, 0.6) is 0 Å². The first-order chi connectivity index (χ1) is 10.1. The Morgan fingerprint density at radius 2 is 2.00 bits per heavy atom. The lowest BCUT2D eigenvalue weighted by atomic mass is 10.2. The van der Waals surface area contributed by atoms with Crippen molar-refractivity contribution < 1.29 is 0 Å². The highest BCUT2D eigenvalue weighted by atomic mass is 35.5. The van der Waals surface area contributed by atoms with E-state index in [4.69, 9.17) is 5.73 Å². The largest absolute Gasteiger partial charge is 0.382 e. The lowest BCUT2D eigenvalue weighted by Gasteiger charge is -2.31. The van der Waals surface area contributed by atoms with Gasteiger partial charge in [-0.05, 0) is 12.1 Å². The number of para-hydroxylation sites is 2. The molecule has 0 saturated carbocycles. The van der Waals surface area contributed by atoms with Crippen LogP contribution in [0.3, 0.4) is 0 Å². The third-order valence-electron chi connectivity index (χ3n) is 3.36. The predicted molar refractivity (Wildman–Crippen MR) is 91.8 cm³/mol. The Morgan fingerprint density at radius 3 is 2.77 bits per heavy atom. The number of nitrogens with one attached hydrogen (secondary N) is 1. The summed E-state index contributed by atoms with van der Waals surface area (Å²) in [4.78, 5) is 16.9. The van der Waals surface area contributed by atoms with Crippen LogP contribution in [0, 0.1) is 0 Å². The van der Waals surface area contributed by atoms with E-state index in [9.17, 15) is 0 Å². The van der Waals surface area contributed by atoms with E-state index < -0.39 is 0 Å². The average molecular weight is 322 g/mol. The molecule has 1 aromatic heterocycles. The summed E-state index contributed by atoms with van der Waals surface area (Å²) in [5.74, 6) is 1.52. The molecular weight excluding hydrogens is 302 g/mol. The Labute approximate surface area is 136 Å². The van der Waals surface area contributed by atoms with E-state index in [0.717, 1.165) is 24.5 Å². The molecule has 0 aliphatic carbocycles. The number of nitrogens with two attached hydrogens (primary N) is 1. The van der Waals surface area contributed by atoms with Gasteiger partial charge >= 0.3 is 0 Å². The van der Waals surface area contributed by atoms with E-state index >= 15 is 0 Å². The molecule has 0 spiro atoms. The minimum atomic E-state index is 0. The quantitative estimate of drug-likeness (QED) is 0.883. The van der Waals surface area contributed by atoms with Crippen LogP contribution in [0.2, 0.25) is 0 Å². The Balaban J connectivity index is 0.00000176. The summed E-state index contributed by atoms with van der Waals surface area (Å²) in [7, 11) is 3.78. The van der Waals surface area contributed by atoms with E-state index in [-0.39, 0.29) is 18.4 Å². The third-order valence-corrected chi connectivity index (χ3v) is 3.36. The summed E-state index contributed by atoms with van der Waals surface area (Å²) in [6.07, 6.45) is 0. The minimum absolute atomic E-state index is 0. The maximum Gasteiger partial charge on any atom is 0.229 e. The van der Waals surface area contributed by atoms with Crippen LogP contribution in [0.1, 0.15) is 5.82 Å². The van der Waals surface area contributed by atoms with E-state index in [1.54, 1.807) is 0 Å². The van der Waals surface area contributed by atoms with Gasteiger partial charge in [0.2, 0.25) is 11.9 Å². The molecule has 2 heterocycles. The second kappa shape index (κ2) is 6.65. The standard InChI is InChI=1S/C14H19N7.ClH/c1-20(2)14-18-12(17-13(15)19-14)9-21-8-7-16-10-5-3-4-6-11(10)21;/h3-6,16H,7-9H2,1-2H3,(H2,15,17,18,19);1H. The fourth-order valence-corrected chi connectivity index (χ4v) is 2.38. The number of nitrogen functional groups attached to an aromatic ring is 1. The molecule has 0 amide bonds. The molecule has 0 atom stereocenters. The fourth-order valence-electron chi connectivity index (χ4n) is 2.38. The number of halogens is 1. The second-order valence-corrected chi connectivity index (χ2v) is 5.17. The molecule has 1 aliphatic heterocycles. The Morgan fingerprint density at radius 1 is 1.23 bits per heavy atom. The van der Waals surface area contributed by atoms with Crippen molar-refractivity contribution in [3.8, 4) is 0 Å². The smallest absolute Gasteiger partial charge is 0.229 e. The van der Waals surface area contributed by atoms with Gasteiger partial charge in [0, 0.05) is 27.2 Å². The molecule has 0 saturated heterocycles. The molecule has 1 aliphatic rings. The van der Waals surface area contributed by atoms with Gasteiger partial charge in [-0.3, -0.25) is 0 Å². The van der Waals surface area contributed by atoms with Crippen LogP contribution in [-0.4, -0.2) is 42.1 Å². The lowest BCUT2D eigenvalue weighted by Crippen LogP contribution is -2.34. The molecule has 0 bridgehead atoms. The number of benzene rings is 1. The molecule has 0 fully saturated rings. The maximum atomic E-state index is 5.78. The number of aromatic nitrogens is 3. The van der Waals surface area contributed by atoms with Crippen molar-refractivity contribution in [3.63, 3.8) is 0 Å². The van der Waals surface area contributed by atoms with Crippen LogP contribution in [0.25, 0.3) is 0 Å². The van der Waals surface area contributed by atoms with Gasteiger partial charge in [-0.15, -0.1) is 12.4 Å². The van der Waals surface area contributed by atoms with Gasteiger partial charge in [-0.1, -0.05) is 12.1 Å². The van der Waals surface area contributed by atoms with Crippen molar-refractivity contribution in [2.45, 2.75) is 6.54 Å². The molecule has 3 N–H and O–H groups in total. The van der Waals surface area contributed by atoms with Gasteiger partial charge in [0.1, 0.15) is 0 Å². The van der Waals surface area contributed by atoms with Crippen molar-refractivity contribution in [1.29, 1.82) is 0 Å². The van der Waals surface area contributed by atoms with Gasteiger partial charge in [-0.2, -0.15) is 15.0 Å². The molecule has 22 heavy (non-hydrogen) atoms. The first-order valence-electron chi connectivity index (χ1n) is 6.89. The van der Waals surface area contributed by atoms with Crippen molar-refractivity contribution in [1.82, 2.24) is 15.0 Å². The number of hydrogen-bond donors (Lipinski definition) is 2. The molecule has 3 rings (SSSR count). The Bertz CT molecular complexity index is 647. The summed E-state index contributed by atoms with van der Waals surface area (Å²) < 4.78 is 0. The molecule has 7 nitrogen and oxygen atoms in total. The average Bonchev–Trinajstić information content (AvgIpc) is 2.47. The van der Waals surface area contributed by atoms with Crippen LogP contribution in [-0.2, 0) is 6.54 Å². The van der Waals surface area contributed by atoms with Crippen LogP contribution >= 0.6 is 12.4 Å². The summed E-state index contributed by atoms with van der Waals surface area (Å²) in [6.45, 7) is 2.42. The fraction of sp³-hybridized carbons (Fsp3) is 0.357. The Hall–Kier alpha value is -2.28. The normalized spacial score (nSPS) is 12.9. The molecule has 0 unspecified atom stereocenters. The van der Waals surface area contributed by atoms with Gasteiger partial charge in [0.25, 0.3) is 0 Å². The van der Waals surface area contributed by atoms with Gasteiger partial charge in [-0.25, -0.2) is 0 Å². The summed E-state index contributed by atoms with van der Waals surface area (Å²) in [5, 5.41) is 3.39. The topological polar surface area (TPSA) is 83.2 Å². The van der Waals surface area contributed by atoms with Crippen molar-refractivity contribution in [3.05, 3.63) is 30.1 Å². The van der Waals surface area contributed by atoms with Crippen molar-refractivity contribution in [2.24, 2.45) is 0 Å². The van der Waals surface area contributed by atoms with Crippen molar-refractivity contribution >= 4 is 35.7 Å². The molecule has 1 aromatic carbocycles. The van der Waals surface area contributed by atoms with E-state index in [1.165, 1.54) is 0 Å². The highest BCUT2D eigenvalue weighted by Crippen LogP contribution is 2.29. The zero-order valence-electron chi connectivity index (χ0n) is 12.7. The zero-order valence-corrected chi connectivity index (χ0v) is 13.5.